The van der Waals surface area contributed by atoms with Gasteiger partial charge in [0.25, 0.3) is 0 Å². The first-order valence-electron chi connectivity index (χ1n) is 8.30. The van der Waals surface area contributed by atoms with Crippen LogP contribution in [0, 0.1) is 23.7 Å². The first-order chi connectivity index (χ1) is 9.99. The maximum absolute atomic E-state index is 11.7. The van der Waals surface area contributed by atoms with Crippen molar-refractivity contribution in [2.24, 2.45) is 29.4 Å². The van der Waals surface area contributed by atoms with Crippen LogP contribution < -0.4 is 11.1 Å². The molecule has 118 valence electrons. The van der Waals surface area contributed by atoms with Crippen molar-refractivity contribution in [1.29, 1.82) is 0 Å². The number of amides is 1. The molecule has 1 heterocycles. The van der Waals surface area contributed by atoms with Crippen LogP contribution in [0.4, 0.5) is 0 Å². The highest BCUT2D eigenvalue weighted by Gasteiger charge is 2.58. The zero-order chi connectivity index (χ0) is 15.1. The highest BCUT2D eigenvalue weighted by atomic mass is 16.7. The Kier molecular flexibility index (Phi) is 4.30. The van der Waals surface area contributed by atoms with E-state index in [1.807, 2.05) is 0 Å². The highest BCUT2D eigenvalue weighted by molar-refractivity contribution is 6.47. The molecule has 6 atom stereocenters. The van der Waals surface area contributed by atoms with Crippen molar-refractivity contribution in [2.45, 2.75) is 58.2 Å². The summed E-state index contributed by atoms with van der Waals surface area (Å²) in [7, 11) is -0.315. The summed E-state index contributed by atoms with van der Waals surface area (Å²) >= 11 is 0. The summed E-state index contributed by atoms with van der Waals surface area (Å²) in [5, 5.41) is 2.98. The van der Waals surface area contributed by atoms with Gasteiger partial charge >= 0.3 is 7.12 Å². The number of hydrogen-bond donors (Lipinski definition) is 2. The van der Waals surface area contributed by atoms with E-state index in [-0.39, 0.29) is 37.7 Å². The van der Waals surface area contributed by atoms with Gasteiger partial charge in [-0.15, -0.1) is 0 Å². The van der Waals surface area contributed by atoms with Gasteiger partial charge in [0.2, 0.25) is 5.91 Å². The molecule has 0 aromatic carbocycles. The molecule has 3 saturated carbocycles. The Labute approximate surface area is 127 Å². The van der Waals surface area contributed by atoms with E-state index in [2.05, 4.69) is 26.1 Å². The third-order valence-corrected chi connectivity index (χ3v) is 5.50. The van der Waals surface area contributed by atoms with Crippen LogP contribution in [-0.4, -0.2) is 37.7 Å². The summed E-state index contributed by atoms with van der Waals surface area (Å²) in [6.45, 7) is 6.62. The molecule has 2 unspecified atom stereocenters. The van der Waals surface area contributed by atoms with E-state index in [0.717, 1.165) is 24.7 Å². The Morgan fingerprint density at radius 1 is 1.38 bits per heavy atom. The molecule has 3 aliphatic carbocycles. The Bertz CT molecular complexity index is 406. The SMILES string of the molecule is CC(C)C[C@H](NC(=O)CN)B1OC2C[C@@H]3C[C@@H](C3C)[C@@H]2O1. The summed E-state index contributed by atoms with van der Waals surface area (Å²) < 4.78 is 12.4. The lowest BCUT2D eigenvalue weighted by Crippen LogP contribution is -2.53. The Hall–Kier alpha value is -0.585. The van der Waals surface area contributed by atoms with Gasteiger partial charge < -0.3 is 20.4 Å². The largest absolute Gasteiger partial charge is 0.481 e. The van der Waals surface area contributed by atoms with Gasteiger partial charge in [-0.2, -0.15) is 0 Å². The average molecular weight is 294 g/mol. The van der Waals surface area contributed by atoms with Gasteiger partial charge in [0.05, 0.1) is 24.7 Å². The van der Waals surface area contributed by atoms with E-state index in [9.17, 15) is 4.79 Å². The molecule has 2 bridgehead atoms. The van der Waals surface area contributed by atoms with Gasteiger partial charge in [0.15, 0.2) is 0 Å². The number of carbonyl (C=O) groups is 1. The van der Waals surface area contributed by atoms with Gasteiger partial charge in [0, 0.05) is 0 Å². The molecule has 3 N–H and O–H groups in total. The molecule has 4 aliphatic rings. The van der Waals surface area contributed by atoms with E-state index >= 15 is 0 Å². The molecule has 1 amide bonds. The molecule has 0 aromatic heterocycles. The van der Waals surface area contributed by atoms with Crippen LogP contribution in [0.25, 0.3) is 0 Å². The number of rotatable bonds is 5. The van der Waals surface area contributed by atoms with Gasteiger partial charge in [0.1, 0.15) is 0 Å². The normalized spacial score (nSPS) is 38.9. The second-order valence-corrected chi connectivity index (χ2v) is 7.41. The minimum absolute atomic E-state index is 0.00983. The predicted octanol–water partition coefficient (Wildman–Crippen LogP) is 0.963. The highest BCUT2D eigenvalue weighted by Crippen LogP contribution is 2.54. The molecule has 0 aromatic rings. The smallest absolute Gasteiger partial charge is 0.404 e. The van der Waals surface area contributed by atoms with E-state index in [4.69, 9.17) is 15.0 Å². The predicted molar refractivity (Wildman–Crippen MR) is 81.3 cm³/mol. The van der Waals surface area contributed by atoms with Gasteiger partial charge in [-0.25, -0.2) is 0 Å². The molecule has 1 saturated heterocycles. The molecular formula is C15H27BN2O3. The minimum atomic E-state index is -0.315. The fraction of sp³-hybridized carbons (Fsp3) is 0.933. The number of nitrogens with one attached hydrogen (secondary N) is 1. The monoisotopic (exact) mass is 294 g/mol. The van der Waals surface area contributed by atoms with E-state index in [0.29, 0.717) is 11.8 Å². The Balaban J connectivity index is 1.65. The van der Waals surface area contributed by atoms with E-state index in [1.165, 1.54) is 6.42 Å². The molecule has 0 radical (unpaired) electrons. The lowest BCUT2D eigenvalue weighted by molar-refractivity contribution is -0.120. The van der Waals surface area contributed by atoms with Crippen molar-refractivity contribution >= 4 is 13.0 Å². The maximum Gasteiger partial charge on any atom is 0.481 e. The number of nitrogens with two attached hydrogens (primary N) is 1. The standard InChI is InChI=1S/C15H27BN2O3/c1-8(2)4-13(18-14(19)7-17)16-20-12-6-10-5-11(9(10)3)15(12)21-16/h8-13,15H,4-7,17H2,1-3H3,(H,18,19)/t9?,10-,11-,12?,13-,15-/m0/s1. The summed E-state index contributed by atoms with van der Waals surface area (Å²) in [5.41, 5.74) is 5.42. The van der Waals surface area contributed by atoms with Gasteiger partial charge in [-0.3, -0.25) is 4.79 Å². The molecule has 21 heavy (non-hydrogen) atoms. The quantitative estimate of drug-likeness (QED) is 0.741. The molecule has 5 nitrogen and oxygen atoms in total. The zero-order valence-corrected chi connectivity index (χ0v) is 13.2. The number of carbonyl (C=O) groups excluding carboxylic acids is 1. The number of hydrogen-bond acceptors (Lipinski definition) is 4. The third kappa shape index (κ3) is 2.85. The molecule has 4 rings (SSSR count). The van der Waals surface area contributed by atoms with Crippen molar-refractivity contribution in [2.75, 3.05) is 6.54 Å². The maximum atomic E-state index is 11.7. The van der Waals surface area contributed by atoms with Crippen LogP contribution in [0.5, 0.6) is 0 Å². The molecular weight excluding hydrogens is 267 g/mol. The molecule has 0 spiro atoms. The summed E-state index contributed by atoms with van der Waals surface area (Å²) in [4.78, 5) is 11.7. The van der Waals surface area contributed by atoms with Crippen molar-refractivity contribution in [1.82, 2.24) is 5.32 Å². The third-order valence-electron chi connectivity index (χ3n) is 5.50. The topological polar surface area (TPSA) is 73.6 Å². The first kappa shape index (κ1) is 15.3. The second kappa shape index (κ2) is 5.90. The van der Waals surface area contributed by atoms with E-state index < -0.39 is 0 Å². The summed E-state index contributed by atoms with van der Waals surface area (Å²) in [5.74, 6) is 2.44. The van der Waals surface area contributed by atoms with Gasteiger partial charge in [-0.05, 0) is 42.9 Å². The van der Waals surface area contributed by atoms with Crippen molar-refractivity contribution in [3.8, 4) is 0 Å². The Morgan fingerprint density at radius 2 is 2.14 bits per heavy atom. The van der Waals surface area contributed by atoms with Crippen LogP contribution >= 0.6 is 0 Å². The van der Waals surface area contributed by atoms with Crippen LogP contribution in [0.2, 0.25) is 0 Å². The molecule has 6 heteroatoms. The van der Waals surface area contributed by atoms with Crippen LogP contribution in [0.3, 0.4) is 0 Å². The molecule has 4 fully saturated rings. The van der Waals surface area contributed by atoms with Gasteiger partial charge in [-0.1, -0.05) is 20.8 Å². The lowest BCUT2D eigenvalue weighted by atomic mass is 9.56. The second-order valence-electron chi connectivity index (χ2n) is 7.41. The summed E-state index contributed by atoms with van der Waals surface area (Å²) in [6, 6.07) is 0. The fourth-order valence-corrected chi connectivity index (χ4v) is 4.27. The fourth-order valence-electron chi connectivity index (χ4n) is 4.27. The van der Waals surface area contributed by atoms with E-state index in [1.54, 1.807) is 0 Å². The summed E-state index contributed by atoms with van der Waals surface area (Å²) in [6.07, 6.45) is 3.68. The average Bonchev–Trinajstić information content (AvgIpc) is 2.88. The Morgan fingerprint density at radius 3 is 2.76 bits per heavy atom. The van der Waals surface area contributed by atoms with Crippen molar-refractivity contribution in [3.05, 3.63) is 0 Å². The van der Waals surface area contributed by atoms with Crippen LogP contribution in [0.15, 0.2) is 0 Å². The molecule has 1 aliphatic heterocycles. The first-order valence-corrected chi connectivity index (χ1v) is 8.30. The van der Waals surface area contributed by atoms with Crippen LogP contribution in [-0.2, 0) is 14.1 Å². The van der Waals surface area contributed by atoms with Crippen molar-refractivity contribution < 1.29 is 14.1 Å². The lowest BCUT2D eigenvalue weighted by Gasteiger charge is -2.53. The zero-order valence-electron chi connectivity index (χ0n) is 13.2. The van der Waals surface area contributed by atoms with Crippen molar-refractivity contribution in [3.63, 3.8) is 0 Å². The van der Waals surface area contributed by atoms with Crippen LogP contribution in [0.1, 0.15) is 40.0 Å². The minimum Gasteiger partial charge on any atom is -0.404 e.